The molecule has 0 amide bonds. The van der Waals surface area contributed by atoms with Gasteiger partial charge in [-0.3, -0.25) is 0 Å². The van der Waals surface area contributed by atoms with Crippen molar-refractivity contribution in [3.8, 4) is 0 Å². The van der Waals surface area contributed by atoms with Gasteiger partial charge in [-0.1, -0.05) is 47.0 Å². The van der Waals surface area contributed by atoms with Gasteiger partial charge >= 0.3 is 0 Å². The second-order valence-electron chi connectivity index (χ2n) is 5.33. The van der Waals surface area contributed by atoms with Gasteiger partial charge in [-0.15, -0.1) is 0 Å². The van der Waals surface area contributed by atoms with Gasteiger partial charge in [0.05, 0.1) is 0 Å². The monoisotopic (exact) mass is 168 g/mol. The van der Waals surface area contributed by atoms with Crippen molar-refractivity contribution in [1.82, 2.24) is 0 Å². The summed E-state index contributed by atoms with van der Waals surface area (Å²) in [7, 11) is 0. The molecule has 0 spiro atoms. The number of hydrogen-bond donors (Lipinski definition) is 0. The van der Waals surface area contributed by atoms with Gasteiger partial charge in [0, 0.05) is 0 Å². The van der Waals surface area contributed by atoms with E-state index in [0.717, 1.165) is 11.8 Å². The van der Waals surface area contributed by atoms with E-state index in [2.05, 4.69) is 27.7 Å². The summed E-state index contributed by atoms with van der Waals surface area (Å²) in [6.45, 7) is 9.69. The molecule has 0 saturated heterocycles. The molecule has 1 rings (SSSR count). The van der Waals surface area contributed by atoms with Gasteiger partial charge in [0.2, 0.25) is 0 Å². The Bertz CT molecular complexity index is 135. The SMILES string of the molecule is CCC1CC(C)CCCC1(C)C. The molecule has 0 aromatic carbocycles. The molecule has 1 aliphatic carbocycles. The molecule has 1 saturated carbocycles. The van der Waals surface area contributed by atoms with E-state index < -0.39 is 0 Å². The molecule has 0 radical (unpaired) electrons. The summed E-state index contributed by atoms with van der Waals surface area (Å²) < 4.78 is 0. The van der Waals surface area contributed by atoms with Crippen LogP contribution in [0.1, 0.15) is 59.8 Å². The van der Waals surface area contributed by atoms with Crippen molar-refractivity contribution in [2.45, 2.75) is 59.8 Å². The van der Waals surface area contributed by atoms with Gasteiger partial charge in [-0.25, -0.2) is 0 Å². The van der Waals surface area contributed by atoms with Gasteiger partial charge in [-0.2, -0.15) is 0 Å². The lowest BCUT2D eigenvalue weighted by Crippen LogP contribution is -2.22. The zero-order valence-electron chi connectivity index (χ0n) is 9.19. The summed E-state index contributed by atoms with van der Waals surface area (Å²) in [6.07, 6.45) is 7.18. The first-order valence-corrected chi connectivity index (χ1v) is 5.56. The van der Waals surface area contributed by atoms with Gasteiger partial charge in [0.25, 0.3) is 0 Å². The Balaban J connectivity index is 2.63. The fourth-order valence-corrected chi connectivity index (χ4v) is 2.75. The molecular formula is C12H24. The highest BCUT2D eigenvalue weighted by atomic mass is 14.4. The maximum Gasteiger partial charge on any atom is -0.0326 e. The smallest absolute Gasteiger partial charge is 0.0326 e. The van der Waals surface area contributed by atoms with Crippen LogP contribution >= 0.6 is 0 Å². The fraction of sp³-hybridized carbons (Fsp3) is 1.00. The molecule has 72 valence electrons. The molecule has 2 atom stereocenters. The van der Waals surface area contributed by atoms with Gasteiger partial charge < -0.3 is 0 Å². The Morgan fingerprint density at radius 3 is 2.58 bits per heavy atom. The summed E-state index contributed by atoms with van der Waals surface area (Å²) in [6, 6.07) is 0. The Kier molecular flexibility index (Phi) is 3.20. The number of rotatable bonds is 1. The van der Waals surface area contributed by atoms with E-state index in [-0.39, 0.29) is 0 Å². The maximum absolute atomic E-state index is 2.46. The van der Waals surface area contributed by atoms with Crippen molar-refractivity contribution in [2.75, 3.05) is 0 Å². The molecular weight excluding hydrogens is 144 g/mol. The minimum Gasteiger partial charge on any atom is -0.0651 e. The van der Waals surface area contributed by atoms with Crippen molar-refractivity contribution >= 4 is 0 Å². The van der Waals surface area contributed by atoms with Crippen molar-refractivity contribution in [2.24, 2.45) is 17.3 Å². The minimum atomic E-state index is 0.611. The number of hydrogen-bond acceptors (Lipinski definition) is 0. The van der Waals surface area contributed by atoms with Crippen LogP contribution in [0, 0.1) is 17.3 Å². The van der Waals surface area contributed by atoms with E-state index >= 15 is 0 Å². The molecule has 0 aromatic heterocycles. The first kappa shape index (κ1) is 10.1. The largest absolute Gasteiger partial charge is 0.0651 e. The average molecular weight is 168 g/mol. The van der Waals surface area contributed by atoms with Crippen LogP contribution in [0.15, 0.2) is 0 Å². The van der Waals surface area contributed by atoms with Gasteiger partial charge in [-0.05, 0) is 30.1 Å². The lowest BCUT2D eigenvalue weighted by atomic mass is 9.73. The molecule has 0 heterocycles. The third-order valence-electron chi connectivity index (χ3n) is 3.80. The Morgan fingerprint density at radius 2 is 2.00 bits per heavy atom. The van der Waals surface area contributed by atoms with E-state index in [9.17, 15) is 0 Å². The summed E-state index contributed by atoms with van der Waals surface area (Å²) in [5, 5.41) is 0. The molecule has 1 aliphatic rings. The first-order chi connectivity index (χ1) is 5.56. The van der Waals surface area contributed by atoms with Crippen LogP contribution in [-0.4, -0.2) is 0 Å². The molecule has 0 aromatic rings. The van der Waals surface area contributed by atoms with E-state index in [0.29, 0.717) is 5.41 Å². The van der Waals surface area contributed by atoms with Crippen LogP contribution < -0.4 is 0 Å². The lowest BCUT2D eigenvalue weighted by molar-refractivity contribution is 0.182. The van der Waals surface area contributed by atoms with Crippen LogP contribution in [0.2, 0.25) is 0 Å². The second kappa shape index (κ2) is 3.81. The predicted octanol–water partition coefficient (Wildman–Crippen LogP) is 4.25. The summed E-state index contributed by atoms with van der Waals surface area (Å²) in [5.74, 6) is 1.94. The third kappa shape index (κ3) is 2.24. The van der Waals surface area contributed by atoms with E-state index in [1.807, 2.05) is 0 Å². The highest BCUT2D eigenvalue weighted by Gasteiger charge is 2.31. The van der Waals surface area contributed by atoms with Crippen LogP contribution in [-0.2, 0) is 0 Å². The average Bonchev–Trinajstić information content (AvgIpc) is 2.10. The zero-order valence-corrected chi connectivity index (χ0v) is 9.19. The molecule has 1 fully saturated rings. The maximum atomic E-state index is 2.46. The standard InChI is InChI=1S/C12H24/c1-5-11-9-10(2)7-6-8-12(11,3)4/h10-11H,5-9H2,1-4H3. The lowest BCUT2D eigenvalue weighted by Gasteiger charge is -2.32. The predicted molar refractivity (Wildman–Crippen MR) is 55.2 cm³/mol. The molecule has 12 heavy (non-hydrogen) atoms. The van der Waals surface area contributed by atoms with Crippen molar-refractivity contribution in [3.05, 3.63) is 0 Å². The molecule has 0 aliphatic heterocycles. The van der Waals surface area contributed by atoms with Crippen LogP contribution in [0.3, 0.4) is 0 Å². The van der Waals surface area contributed by atoms with Crippen molar-refractivity contribution < 1.29 is 0 Å². The molecule has 0 N–H and O–H groups in total. The van der Waals surface area contributed by atoms with Crippen molar-refractivity contribution in [1.29, 1.82) is 0 Å². The molecule has 0 bridgehead atoms. The Hall–Kier alpha value is 0. The molecule has 0 nitrogen and oxygen atoms in total. The normalized spacial score (nSPS) is 36.0. The summed E-state index contributed by atoms with van der Waals surface area (Å²) in [5.41, 5.74) is 0.611. The second-order valence-corrected chi connectivity index (χ2v) is 5.33. The Labute approximate surface area is 77.7 Å². The zero-order chi connectivity index (χ0) is 9.19. The quantitative estimate of drug-likeness (QED) is 0.513. The summed E-state index contributed by atoms with van der Waals surface area (Å²) >= 11 is 0. The first-order valence-electron chi connectivity index (χ1n) is 5.56. The van der Waals surface area contributed by atoms with Crippen molar-refractivity contribution in [3.63, 3.8) is 0 Å². The van der Waals surface area contributed by atoms with Gasteiger partial charge in [0.1, 0.15) is 0 Å². The Morgan fingerprint density at radius 1 is 1.33 bits per heavy atom. The van der Waals surface area contributed by atoms with E-state index in [1.54, 1.807) is 0 Å². The minimum absolute atomic E-state index is 0.611. The molecule has 0 heteroatoms. The van der Waals surface area contributed by atoms with Crippen LogP contribution in [0.25, 0.3) is 0 Å². The topological polar surface area (TPSA) is 0 Å². The fourth-order valence-electron chi connectivity index (χ4n) is 2.75. The van der Waals surface area contributed by atoms with Crippen LogP contribution in [0.5, 0.6) is 0 Å². The highest BCUT2D eigenvalue weighted by Crippen LogP contribution is 2.42. The highest BCUT2D eigenvalue weighted by molar-refractivity contribution is 4.82. The summed E-state index contributed by atoms with van der Waals surface area (Å²) in [4.78, 5) is 0. The van der Waals surface area contributed by atoms with Crippen LogP contribution in [0.4, 0.5) is 0 Å². The van der Waals surface area contributed by atoms with E-state index in [1.165, 1.54) is 32.1 Å². The third-order valence-corrected chi connectivity index (χ3v) is 3.80. The van der Waals surface area contributed by atoms with E-state index in [4.69, 9.17) is 0 Å². The van der Waals surface area contributed by atoms with Gasteiger partial charge in [0.15, 0.2) is 0 Å². The molecule has 2 unspecified atom stereocenters.